The molecule has 106 valence electrons. The first-order valence-electron chi connectivity index (χ1n) is 6.22. The average molecular weight is 294 g/mol. The summed E-state index contributed by atoms with van der Waals surface area (Å²) in [6.07, 6.45) is -0.620. The van der Waals surface area contributed by atoms with Gasteiger partial charge < -0.3 is 10.1 Å². The second-order valence-corrected chi connectivity index (χ2v) is 4.95. The number of benzene rings is 1. The second-order valence-electron chi connectivity index (χ2n) is 4.51. The molecule has 1 amide bonds. The van der Waals surface area contributed by atoms with Crippen molar-refractivity contribution in [2.75, 3.05) is 5.32 Å². The molecule has 1 atom stereocenters. The molecule has 2 N–H and O–H groups in total. The fourth-order valence-corrected chi connectivity index (χ4v) is 1.86. The lowest BCUT2D eigenvalue weighted by molar-refractivity contribution is -0.122. The van der Waals surface area contributed by atoms with Gasteiger partial charge in [-0.25, -0.2) is 0 Å². The molecule has 0 saturated carbocycles. The van der Waals surface area contributed by atoms with E-state index in [0.717, 1.165) is 11.4 Å². The van der Waals surface area contributed by atoms with Crippen LogP contribution in [0.4, 0.5) is 5.69 Å². The summed E-state index contributed by atoms with van der Waals surface area (Å²) in [5.74, 6) is 0.366. The van der Waals surface area contributed by atoms with E-state index in [9.17, 15) is 4.79 Å². The van der Waals surface area contributed by atoms with E-state index < -0.39 is 6.10 Å². The maximum absolute atomic E-state index is 12.1. The Balaban J connectivity index is 2.00. The minimum Gasteiger partial charge on any atom is -0.481 e. The van der Waals surface area contributed by atoms with Crippen molar-refractivity contribution in [1.29, 1.82) is 0 Å². The minimum absolute atomic E-state index is 0.229. The van der Waals surface area contributed by atoms with Crippen LogP contribution in [0.3, 0.4) is 0 Å². The molecule has 6 heteroatoms. The molecule has 0 aliphatic carbocycles. The normalized spacial score (nSPS) is 12.0. The molecular weight excluding hydrogens is 278 g/mol. The molecule has 1 aromatic carbocycles. The highest BCUT2D eigenvalue weighted by Gasteiger charge is 2.17. The number of H-pyrrole nitrogens is 1. The van der Waals surface area contributed by atoms with Crippen molar-refractivity contribution in [2.24, 2.45) is 0 Å². The quantitative estimate of drug-likeness (QED) is 0.910. The van der Waals surface area contributed by atoms with E-state index in [-0.39, 0.29) is 5.91 Å². The monoisotopic (exact) mass is 293 g/mol. The summed E-state index contributed by atoms with van der Waals surface area (Å²) < 4.78 is 5.56. The fraction of sp³-hybridized carbons (Fsp3) is 0.286. The Morgan fingerprint density at radius 3 is 2.55 bits per heavy atom. The van der Waals surface area contributed by atoms with E-state index in [0.29, 0.717) is 16.5 Å². The number of halogens is 1. The summed E-state index contributed by atoms with van der Waals surface area (Å²) >= 11 is 5.80. The SMILES string of the molecule is Cc1n[nH]c(C)c1NC(=O)C(C)Oc1ccc(Cl)cc1. The molecule has 0 aliphatic heterocycles. The molecule has 5 nitrogen and oxygen atoms in total. The number of carbonyl (C=O) groups excluding carboxylic acids is 1. The maximum Gasteiger partial charge on any atom is 0.265 e. The molecular formula is C14H16ClN3O2. The van der Waals surface area contributed by atoms with E-state index >= 15 is 0 Å². The summed E-state index contributed by atoms with van der Waals surface area (Å²) in [5, 5.41) is 10.3. The first-order valence-corrected chi connectivity index (χ1v) is 6.60. The number of anilines is 1. The van der Waals surface area contributed by atoms with Crippen LogP contribution in [0, 0.1) is 13.8 Å². The molecule has 0 bridgehead atoms. The molecule has 0 fully saturated rings. The maximum atomic E-state index is 12.1. The fourth-order valence-electron chi connectivity index (χ4n) is 1.73. The molecule has 1 unspecified atom stereocenters. The number of hydrogen-bond donors (Lipinski definition) is 2. The number of nitrogens with zero attached hydrogens (tertiary/aromatic N) is 1. The molecule has 2 rings (SSSR count). The molecule has 20 heavy (non-hydrogen) atoms. The van der Waals surface area contributed by atoms with Crippen molar-refractivity contribution < 1.29 is 9.53 Å². The molecule has 0 radical (unpaired) electrons. The van der Waals surface area contributed by atoms with Crippen LogP contribution in [-0.2, 0) is 4.79 Å². The zero-order chi connectivity index (χ0) is 14.7. The van der Waals surface area contributed by atoms with Gasteiger partial charge in [-0.05, 0) is 45.0 Å². The molecule has 0 saturated heterocycles. The van der Waals surface area contributed by atoms with Gasteiger partial charge in [0.2, 0.25) is 0 Å². The summed E-state index contributed by atoms with van der Waals surface area (Å²) in [7, 11) is 0. The number of aromatic amines is 1. The zero-order valence-corrected chi connectivity index (χ0v) is 12.3. The Labute approximate surface area is 122 Å². The van der Waals surface area contributed by atoms with Crippen molar-refractivity contribution in [2.45, 2.75) is 26.9 Å². The van der Waals surface area contributed by atoms with Crippen LogP contribution in [0.25, 0.3) is 0 Å². The molecule has 0 spiro atoms. The number of amides is 1. The predicted molar refractivity (Wildman–Crippen MR) is 78.2 cm³/mol. The lowest BCUT2D eigenvalue weighted by Crippen LogP contribution is -2.30. The van der Waals surface area contributed by atoms with Crippen LogP contribution >= 0.6 is 11.6 Å². The smallest absolute Gasteiger partial charge is 0.265 e. The largest absolute Gasteiger partial charge is 0.481 e. The van der Waals surface area contributed by atoms with Gasteiger partial charge in [-0.15, -0.1) is 0 Å². The van der Waals surface area contributed by atoms with Gasteiger partial charge in [-0.2, -0.15) is 5.10 Å². The van der Waals surface area contributed by atoms with Crippen molar-refractivity contribution >= 4 is 23.2 Å². The number of carbonyl (C=O) groups is 1. The lowest BCUT2D eigenvalue weighted by Gasteiger charge is -2.14. The Hall–Kier alpha value is -2.01. The van der Waals surface area contributed by atoms with Gasteiger partial charge in [0.1, 0.15) is 5.75 Å². The van der Waals surface area contributed by atoms with Crippen molar-refractivity contribution in [1.82, 2.24) is 10.2 Å². The number of aryl methyl sites for hydroxylation is 2. The number of ether oxygens (including phenoxy) is 1. The topological polar surface area (TPSA) is 67.0 Å². The van der Waals surface area contributed by atoms with E-state index in [1.165, 1.54) is 0 Å². The van der Waals surface area contributed by atoms with Crippen LogP contribution in [0.1, 0.15) is 18.3 Å². The third-order valence-corrected chi connectivity index (χ3v) is 3.12. The Morgan fingerprint density at radius 1 is 1.35 bits per heavy atom. The van der Waals surface area contributed by atoms with Crippen molar-refractivity contribution in [3.63, 3.8) is 0 Å². The van der Waals surface area contributed by atoms with Crippen molar-refractivity contribution in [3.8, 4) is 5.75 Å². The van der Waals surface area contributed by atoms with Gasteiger partial charge in [-0.1, -0.05) is 11.6 Å². The van der Waals surface area contributed by atoms with Gasteiger partial charge >= 0.3 is 0 Å². The number of rotatable bonds is 4. The highest BCUT2D eigenvalue weighted by Crippen LogP contribution is 2.19. The van der Waals surface area contributed by atoms with Crippen LogP contribution in [0.5, 0.6) is 5.75 Å². The predicted octanol–water partition coefficient (Wildman–Crippen LogP) is 3.09. The van der Waals surface area contributed by atoms with Crippen LogP contribution in [0.2, 0.25) is 5.02 Å². The van der Waals surface area contributed by atoms with E-state index in [2.05, 4.69) is 15.5 Å². The van der Waals surface area contributed by atoms with Crippen molar-refractivity contribution in [3.05, 3.63) is 40.7 Å². The summed E-state index contributed by atoms with van der Waals surface area (Å²) in [5.41, 5.74) is 2.26. The standard InChI is InChI=1S/C14H16ClN3O2/c1-8-13(9(2)18-17-8)16-14(19)10(3)20-12-6-4-11(15)5-7-12/h4-7,10H,1-3H3,(H,16,19)(H,17,18). The van der Waals surface area contributed by atoms with Crippen LogP contribution in [0.15, 0.2) is 24.3 Å². The third kappa shape index (κ3) is 3.30. The minimum atomic E-state index is -0.620. The van der Waals surface area contributed by atoms with Gasteiger partial charge in [0.15, 0.2) is 6.10 Å². The first-order chi connectivity index (χ1) is 9.47. The van der Waals surface area contributed by atoms with Gasteiger partial charge in [0.05, 0.1) is 17.1 Å². The number of hydrogen-bond acceptors (Lipinski definition) is 3. The van der Waals surface area contributed by atoms with E-state index in [1.807, 2.05) is 13.8 Å². The highest BCUT2D eigenvalue weighted by atomic mass is 35.5. The molecule has 1 heterocycles. The third-order valence-electron chi connectivity index (χ3n) is 2.87. The Morgan fingerprint density at radius 2 is 2.00 bits per heavy atom. The lowest BCUT2D eigenvalue weighted by atomic mass is 10.3. The van der Waals surface area contributed by atoms with Gasteiger partial charge in [0.25, 0.3) is 5.91 Å². The second kappa shape index (κ2) is 5.96. The molecule has 1 aromatic heterocycles. The molecule has 0 aliphatic rings. The zero-order valence-electron chi connectivity index (χ0n) is 11.5. The van der Waals surface area contributed by atoms with Gasteiger partial charge in [-0.3, -0.25) is 9.89 Å². The molecule has 2 aromatic rings. The van der Waals surface area contributed by atoms with E-state index in [4.69, 9.17) is 16.3 Å². The average Bonchev–Trinajstić information content (AvgIpc) is 2.73. The summed E-state index contributed by atoms with van der Waals surface area (Å²) in [6, 6.07) is 6.87. The number of aromatic nitrogens is 2. The Kier molecular flexibility index (Phi) is 4.29. The first kappa shape index (κ1) is 14.4. The van der Waals surface area contributed by atoms with Gasteiger partial charge in [0, 0.05) is 5.02 Å². The Bertz CT molecular complexity index is 588. The number of nitrogens with one attached hydrogen (secondary N) is 2. The van der Waals surface area contributed by atoms with Crippen LogP contribution < -0.4 is 10.1 Å². The highest BCUT2D eigenvalue weighted by molar-refractivity contribution is 6.30. The summed E-state index contributed by atoms with van der Waals surface area (Å²) in [6.45, 7) is 5.36. The van der Waals surface area contributed by atoms with Crippen LogP contribution in [-0.4, -0.2) is 22.2 Å². The summed E-state index contributed by atoms with van der Waals surface area (Å²) in [4.78, 5) is 12.1. The van der Waals surface area contributed by atoms with E-state index in [1.54, 1.807) is 31.2 Å².